The lowest BCUT2D eigenvalue weighted by Gasteiger charge is -2.22. The molecule has 0 unspecified atom stereocenters. The van der Waals surface area contributed by atoms with Crippen LogP contribution < -0.4 is 5.56 Å². The second-order valence-electron chi connectivity index (χ2n) is 3.19. The van der Waals surface area contributed by atoms with Crippen LogP contribution in [-0.4, -0.2) is 28.7 Å². The van der Waals surface area contributed by atoms with E-state index in [1.807, 2.05) is 7.05 Å². The zero-order chi connectivity index (χ0) is 8.55. The minimum absolute atomic E-state index is 0.107. The molecule has 0 aromatic carbocycles. The van der Waals surface area contributed by atoms with Gasteiger partial charge in [0.2, 0.25) is 0 Å². The fourth-order valence-corrected chi connectivity index (χ4v) is 1.49. The Hall–Kier alpha value is -1.16. The summed E-state index contributed by atoms with van der Waals surface area (Å²) in [7, 11) is 2.05. The molecule has 0 aliphatic carbocycles. The fraction of sp³-hybridized carbons (Fsp3) is 0.500. The first-order valence-electron chi connectivity index (χ1n) is 4.02. The maximum Gasteiger partial charge on any atom is 0.264 e. The van der Waals surface area contributed by atoms with Crippen LogP contribution in [0.5, 0.6) is 0 Å². The van der Waals surface area contributed by atoms with Crippen LogP contribution in [0.3, 0.4) is 0 Å². The number of likely N-dealkylation sites (N-methyl/N-ethyl adjacent to an activating group) is 1. The number of nitrogens with zero attached hydrogens (tertiary/aromatic N) is 2. The molecular weight excluding hydrogens is 154 g/mol. The van der Waals surface area contributed by atoms with E-state index in [1.165, 1.54) is 0 Å². The topological polar surface area (TPSA) is 49.0 Å². The van der Waals surface area contributed by atoms with Crippen molar-refractivity contribution in [3.8, 4) is 0 Å². The van der Waals surface area contributed by atoms with E-state index in [1.54, 1.807) is 6.07 Å². The molecule has 1 aromatic rings. The molecule has 0 atom stereocenters. The van der Waals surface area contributed by atoms with E-state index in [-0.39, 0.29) is 5.56 Å². The summed E-state index contributed by atoms with van der Waals surface area (Å²) >= 11 is 0. The van der Waals surface area contributed by atoms with Crippen molar-refractivity contribution in [1.29, 1.82) is 0 Å². The maximum atomic E-state index is 10.9. The summed E-state index contributed by atoms with van der Waals surface area (Å²) in [4.78, 5) is 13.1. The second kappa shape index (κ2) is 2.71. The maximum absolute atomic E-state index is 10.9. The molecule has 2 rings (SSSR count). The van der Waals surface area contributed by atoms with Gasteiger partial charge in [0.25, 0.3) is 5.56 Å². The summed E-state index contributed by atoms with van der Waals surface area (Å²) in [5.74, 6) is 0. The normalized spacial score (nSPS) is 17.4. The molecule has 0 saturated heterocycles. The lowest BCUT2D eigenvalue weighted by atomic mass is 10.1. The van der Waals surface area contributed by atoms with Gasteiger partial charge in [0.1, 0.15) is 0 Å². The van der Waals surface area contributed by atoms with E-state index in [2.05, 4.69) is 15.1 Å². The number of aromatic amines is 1. The highest BCUT2D eigenvalue weighted by Crippen LogP contribution is 2.11. The number of nitrogens with one attached hydrogen (secondary N) is 1. The van der Waals surface area contributed by atoms with Gasteiger partial charge < -0.3 is 4.90 Å². The monoisotopic (exact) mass is 165 g/mol. The van der Waals surface area contributed by atoms with Crippen molar-refractivity contribution < 1.29 is 0 Å². The highest BCUT2D eigenvalue weighted by molar-refractivity contribution is 5.19. The Morgan fingerprint density at radius 1 is 1.67 bits per heavy atom. The molecule has 0 amide bonds. The Kier molecular flexibility index (Phi) is 1.69. The average Bonchev–Trinajstić information content (AvgIpc) is 2.03. The van der Waals surface area contributed by atoms with E-state index in [9.17, 15) is 4.79 Å². The molecule has 4 heteroatoms. The van der Waals surface area contributed by atoms with Gasteiger partial charge in [0.05, 0.1) is 5.69 Å². The van der Waals surface area contributed by atoms with Crippen LogP contribution >= 0.6 is 0 Å². The van der Waals surface area contributed by atoms with E-state index in [0.717, 1.165) is 30.8 Å². The van der Waals surface area contributed by atoms with Crippen LogP contribution in [0.2, 0.25) is 0 Å². The summed E-state index contributed by atoms with van der Waals surface area (Å²) in [5.41, 5.74) is 1.99. The third-order valence-corrected chi connectivity index (χ3v) is 2.15. The SMILES string of the molecule is CN1CCc2n[nH]c(=O)cc2C1. The van der Waals surface area contributed by atoms with Crippen molar-refractivity contribution in [2.24, 2.45) is 0 Å². The Bertz CT molecular complexity index is 344. The Morgan fingerprint density at radius 3 is 3.33 bits per heavy atom. The number of rotatable bonds is 0. The van der Waals surface area contributed by atoms with E-state index < -0.39 is 0 Å². The molecule has 0 spiro atoms. The molecule has 1 N–H and O–H groups in total. The number of fused-ring (bicyclic) bond motifs is 1. The molecule has 64 valence electrons. The smallest absolute Gasteiger partial charge is 0.264 e. The van der Waals surface area contributed by atoms with Gasteiger partial charge >= 0.3 is 0 Å². The quantitative estimate of drug-likeness (QED) is 0.577. The Balaban J connectivity index is 2.44. The number of hydrogen-bond acceptors (Lipinski definition) is 3. The molecule has 1 aliphatic heterocycles. The first kappa shape index (κ1) is 7.49. The Morgan fingerprint density at radius 2 is 2.50 bits per heavy atom. The van der Waals surface area contributed by atoms with E-state index >= 15 is 0 Å². The summed E-state index contributed by atoms with van der Waals surface area (Å²) in [6.07, 6.45) is 0.933. The molecule has 1 aromatic heterocycles. The van der Waals surface area contributed by atoms with Crippen LogP contribution in [0.1, 0.15) is 11.3 Å². The first-order valence-corrected chi connectivity index (χ1v) is 4.02. The molecule has 0 bridgehead atoms. The zero-order valence-electron chi connectivity index (χ0n) is 7.00. The summed E-state index contributed by atoms with van der Waals surface area (Å²) in [6, 6.07) is 1.64. The predicted molar refractivity (Wildman–Crippen MR) is 44.9 cm³/mol. The Labute approximate surface area is 70.2 Å². The van der Waals surface area contributed by atoms with Crippen molar-refractivity contribution in [3.63, 3.8) is 0 Å². The van der Waals surface area contributed by atoms with Gasteiger partial charge in [0.15, 0.2) is 0 Å². The van der Waals surface area contributed by atoms with Crippen LogP contribution in [0.15, 0.2) is 10.9 Å². The third kappa shape index (κ3) is 1.25. The highest BCUT2D eigenvalue weighted by Gasteiger charge is 2.13. The lowest BCUT2D eigenvalue weighted by Crippen LogP contribution is -2.29. The van der Waals surface area contributed by atoms with Gasteiger partial charge in [-0.05, 0) is 12.6 Å². The summed E-state index contributed by atoms with van der Waals surface area (Å²) < 4.78 is 0. The molecule has 2 heterocycles. The van der Waals surface area contributed by atoms with Crippen molar-refractivity contribution in [3.05, 3.63) is 27.7 Å². The fourth-order valence-electron chi connectivity index (χ4n) is 1.49. The minimum Gasteiger partial charge on any atom is -0.302 e. The molecule has 12 heavy (non-hydrogen) atoms. The first-order chi connectivity index (χ1) is 5.75. The van der Waals surface area contributed by atoms with Gasteiger partial charge in [0, 0.05) is 25.6 Å². The van der Waals surface area contributed by atoms with E-state index in [4.69, 9.17) is 0 Å². The van der Waals surface area contributed by atoms with Gasteiger partial charge in [-0.25, -0.2) is 5.10 Å². The minimum atomic E-state index is -0.107. The molecule has 4 nitrogen and oxygen atoms in total. The molecule has 0 radical (unpaired) electrons. The van der Waals surface area contributed by atoms with Crippen LogP contribution in [0, 0.1) is 0 Å². The van der Waals surface area contributed by atoms with Crippen LogP contribution in [0.25, 0.3) is 0 Å². The number of hydrogen-bond donors (Lipinski definition) is 1. The standard InChI is InChI=1S/C8H11N3O/c1-11-3-2-7-6(5-11)4-8(12)10-9-7/h4H,2-3,5H2,1H3,(H,10,12). The molecular formula is C8H11N3O. The molecule has 1 aliphatic rings. The van der Waals surface area contributed by atoms with Crippen molar-refractivity contribution in [2.75, 3.05) is 13.6 Å². The largest absolute Gasteiger partial charge is 0.302 e. The van der Waals surface area contributed by atoms with E-state index in [0.29, 0.717) is 0 Å². The molecule has 0 fully saturated rings. The number of aromatic nitrogens is 2. The summed E-state index contributed by atoms with van der Waals surface area (Å²) in [5, 5.41) is 6.44. The van der Waals surface area contributed by atoms with Gasteiger partial charge in [-0.1, -0.05) is 0 Å². The van der Waals surface area contributed by atoms with Crippen LogP contribution in [0.4, 0.5) is 0 Å². The predicted octanol–water partition coefficient (Wildman–Crippen LogP) is -0.242. The van der Waals surface area contributed by atoms with Crippen molar-refractivity contribution >= 4 is 0 Å². The molecule has 0 saturated carbocycles. The van der Waals surface area contributed by atoms with Gasteiger partial charge in [-0.3, -0.25) is 4.79 Å². The average molecular weight is 165 g/mol. The highest BCUT2D eigenvalue weighted by atomic mass is 16.1. The van der Waals surface area contributed by atoms with Crippen molar-refractivity contribution in [2.45, 2.75) is 13.0 Å². The second-order valence-corrected chi connectivity index (χ2v) is 3.19. The zero-order valence-corrected chi connectivity index (χ0v) is 7.00. The third-order valence-electron chi connectivity index (χ3n) is 2.15. The summed E-state index contributed by atoms with van der Waals surface area (Å²) in [6.45, 7) is 1.86. The lowest BCUT2D eigenvalue weighted by molar-refractivity contribution is 0.308. The van der Waals surface area contributed by atoms with Gasteiger partial charge in [-0.2, -0.15) is 5.10 Å². The van der Waals surface area contributed by atoms with Crippen LogP contribution in [-0.2, 0) is 13.0 Å². The van der Waals surface area contributed by atoms with Gasteiger partial charge in [-0.15, -0.1) is 0 Å². The number of H-pyrrole nitrogens is 1. The van der Waals surface area contributed by atoms with Crippen molar-refractivity contribution in [1.82, 2.24) is 15.1 Å².